The molecule has 0 aliphatic heterocycles. The number of alkyl halides is 4. The number of nitrogens with zero attached hydrogens (tertiary/aromatic N) is 2. The number of amides is 1. The van der Waals surface area contributed by atoms with Crippen molar-refractivity contribution in [3.63, 3.8) is 0 Å². The van der Waals surface area contributed by atoms with E-state index in [-0.39, 0.29) is 11.5 Å². The van der Waals surface area contributed by atoms with Crippen LogP contribution >= 0.6 is 0 Å². The van der Waals surface area contributed by atoms with E-state index in [9.17, 15) is 22.4 Å². The topological polar surface area (TPSA) is 66.9 Å². The fourth-order valence-corrected chi connectivity index (χ4v) is 1.11. The van der Waals surface area contributed by atoms with Gasteiger partial charge in [0.25, 0.3) is 5.91 Å². The Hall–Kier alpha value is -1.93. The molecule has 5 nitrogen and oxygen atoms in total. The van der Waals surface area contributed by atoms with Gasteiger partial charge < -0.3 is 10.6 Å². The Balaban J connectivity index is 2.66. The third-order valence-corrected chi connectivity index (χ3v) is 2.03. The maximum Gasteiger partial charge on any atom is 0.324 e. The van der Waals surface area contributed by atoms with Gasteiger partial charge in [0, 0.05) is 6.54 Å². The summed E-state index contributed by atoms with van der Waals surface area (Å²) in [6, 6.07) is 0. The van der Waals surface area contributed by atoms with Crippen molar-refractivity contribution in [1.82, 2.24) is 15.3 Å². The first kappa shape index (κ1) is 15.1. The molecular formula is C10H12F4N4O. The summed E-state index contributed by atoms with van der Waals surface area (Å²) < 4.78 is 49.0. The minimum atomic E-state index is -4.28. The highest BCUT2D eigenvalue weighted by molar-refractivity contribution is 5.92. The molecule has 19 heavy (non-hydrogen) atoms. The van der Waals surface area contributed by atoms with Crippen LogP contribution in [0.15, 0.2) is 12.4 Å². The molecule has 0 bridgehead atoms. The zero-order chi connectivity index (χ0) is 14.5. The Kier molecular flexibility index (Phi) is 5.02. The van der Waals surface area contributed by atoms with E-state index in [0.717, 1.165) is 6.20 Å². The number of halogens is 4. The van der Waals surface area contributed by atoms with Crippen molar-refractivity contribution in [1.29, 1.82) is 0 Å². The Labute approximate surface area is 106 Å². The maximum atomic E-state index is 12.6. The zero-order valence-corrected chi connectivity index (χ0v) is 9.96. The molecule has 0 saturated carbocycles. The number of carbonyl (C=O) groups is 1. The summed E-state index contributed by atoms with van der Waals surface area (Å²) in [6.07, 6.45) is -1.45. The van der Waals surface area contributed by atoms with E-state index in [1.165, 1.54) is 6.20 Å². The molecule has 1 heterocycles. The summed E-state index contributed by atoms with van der Waals surface area (Å²) in [5.41, 5.74) is -0.233. The van der Waals surface area contributed by atoms with E-state index < -0.39 is 24.8 Å². The summed E-state index contributed by atoms with van der Waals surface area (Å²) in [4.78, 5) is 18.9. The summed E-state index contributed by atoms with van der Waals surface area (Å²) in [5, 5.41) is 4.46. The Morgan fingerprint density at radius 1 is 1.42 bits per heavy atom. The van der Waals surface area contributed by atoms with Gasteiger partial charge in [0.1, 0.15) is 11.5 Å². The molecule has 1 aromatic rings. The fraction of sp³-hybridized carbons (Fsp3) is 0.500. The van der Waals surface area contributed by atoms with Crippen molar-refractivity contribution in [2.24, 2.45) is 0 Å². The van der Waals surface area contributed by atoms with Crippen molar-refractivity contribution < 1.29 is 22.4 Å². The highest BCUT2D eigenvalue weighted by Crippen LogP contribution is 2.21. The lowest BCUT2D eigenvalue weighted by molar-refractivity contribution is -0.123. The monoisotopic (exact) mass is 280 g/mol. The van der Waals surface area contributed by atoms with Crippen LogP contribution in [-0.2, 0) is 0 Å². The molecule has 0 fully saturated rings. The molecule has 0 atom stereocenters. The summed E-state index contributed by atoms with van der Waals surface area (Å²) in [7, 11) is 0. The second kappa shape index (κ2) is 6.30. The van der Waals surface area contributed by atoms with E-state index in [0.29, 0.717) is 6.54 Å². The second-order valence-corrected chi connectivity index (χ2v) is 3.56. The molecule has 1 amide bonds. The molecule has 0 unspecified atom stereocenters. The SMILES string of the molecule is CCNc1cncc(C(=O)NCC(F)(F)C(F)F)n1. The van der Waals surface area contributed by atoms with E-state index >= 15 is 0 Å². The number of nitrogens with one attached hydrogen (secondary N) is 2. The molecule has 1 aromatic heterocycles. The van der Waals surface area contributed by atoms with Gasteiger partial charge in [-0.1, -0.05) is 0 Å². The first-order valence-electron chi connectivity index (χ1n) is 5.37. The van der Waals surface area contributed by atoms with E-state index in [1.807, 2.05) is 0 Å². The molecule has 0 saturated heterocycles. The number of aromatic nitrogens is 2. The minimum absolute atomic E-state index is 0.233. The van der Waals surface area contributed by atoms with Crippen LogP contribution in [0.4, 0.5) is 23.4 Å². The van der Waals surface area contributed by atoms with Gasteiger partial charge in [-0.15, -0.1) is 0 Å². The molecule has 1 rings (SSSR count). The summed E-state index contributed by atoms with van der Waals surface area (Å²) >= 11 is 0. The van der Waals surface area contributed by atoms with Crippen LogP contribution in [0.3, 0.4) is 0 Å². The van der Waals surface area contributed by atoms with Gasteiger partial charge in [0.05, 0.1) is 18.9 Å². The van der Waals surface area contributed by atoms with Crippen LogP contribution in [0.2, 0.25) is 0 Å². The molecule has 0 aliphatic carbocycles. The first-order valence-corrected chi connectivity index (χ1v) is 5.37. The Morgan fingerprint density at radius 2 is 2.11 bits per heavy atom. The van der Waals surface area contributed by atoms with Crippen molar-refractivity contribution >= 4 is 11.7 Å². The van der Waals surface area contributed by atoms with Crippen molar-refractivity contribution in [2.45, 2.75) is 19.3 Å². The zero-order valence-electron chi connectivity index (χ0n) is 9.96. The van der Waals surface area contributed by atoms with Crippen LogP contribution < -0.4 is 10.6 Å². The second-order valence-electron chi connectivity index (χ2n) is 3.56. The lowest BCUT2D eigenvalue weighted by Crippen LogP contribution is -2.41. The molecule has 9 heteroatoms. The molecule has 0 radical (unpaired) electrons. The first-order chi connectivity index (χ1) is 8.86. The van der Waals surface area contributed by atoms with Gasteiger partial charge in [0.15, 0.2) is 0 Å². The van der Waals surface area contributed by atoms with Gasteiger partial charge in [-0.2, -0.15) is 8.78 Å². The summed E-state index contributed by atoms with van der Waals surface area (Å²) in [5.74, 6) is -4.98. The summed E-state index contributed by atoms with van der Waals surface area (Å²) in [6.45, 7) is 0.859. The Morgan fingerprint density at radius 3 is 2.68 bits per heavy atom. The van der Waals surface area contributed by atoms with Crippen LogP contribution in [-0.4, -0.2) is 41.3 Å². The predicted octanol–water partition coefficient (Wildman–Crippen LogP) is 1.54. The number of anilines is 1. The van der Waals surface area contributed by atoms with Gasteiger partial charge >= 0.3 is 12.3 Å². The normalized spacial score (nSPS) is 11.5. The fourth-order valence-electron chi connectivity index (χ4n) is 1.11. The number of hydrogen-bond acceptors (Lipinski definition) is 4. The molecule has 0 aliphatic rings. The maximum absolute atomic E-state index is 12.6. The smallest absolute Gasteiger partial charge is 0.324 e. The molecule has 106 valence electrons. The minimum Gasteiger partial charge on any atom is -0.369 e. The molecular weight excluding hydrogens is 268 g/mol. The standard InChI is InChI=1S/C10H12F4N4O/c1-2-16-7-4-15-3-6(18-7)8(19)17-5-10(13,14)9(11)12/h3-4,9H,2,5H2,1H3,(H,16,18)(H,17,19). The van der Waals surface area contributed by atoms with E-state index in [2.05, 4.69) is 15.3 Å². The molecule has 0 spiro atoms. The largest absolute Gasteiger partial charge is 0.369 e. The van der Waals surface area contributed by atoms with Gasteiger partial charge in [-0.3, -0.25) is 9.78 Å². The number of hydrogen-bond donors (Lipinski definition) is 2. The van der Waals surface area contributed by atoms with Crippen molar-refractivity contribution in [3.05, 3.63) is 18.1 Å². The number of carbonyl (C=O) groups excluding carboxylic acids is 1. The predicted molar refractivity (Wildman–Crippen MR) is 59.5 cm³/mol. The van der Waals surface area contributed by atoms with Gasteiger partial charge in [0.2, 0.25) is 0 Å². The van der Waals surface area contributed by atoms with Crippen LogP contribution in [0.5, 0.6) is 0 Å². The average molecular weight is 280 g/mol. The van der Waals surface area contributed by atoms with Gasteiger partial charge in [-0.25, -0.2) is 13.8 Å². The van der Waals surface area contributed by atoms with E-state index in [4.69, 9.17) is 0 Å². The van der Waals surface area contributed by atoms with Crippen LogP contribution in [0.25, 0.3) is 0 Å². The lowest BCUT2D eigenvalue weighted by atomic mass is 10.3. The third kappa shape index (κ3) is 4.34. The van der Waals surface area contributed by atoms with Crippen molar-refractivity contribution in [2.75, 3.05) is 18.4 Å². The third-order valence-electron chi connectivity index (χ3n) is 2.03. The van der Waals surface area contributed by atoms with Crippen LogP contribution in [0.1, 0.15) is 17.4 Å². The highest BCUT2D eigenvalue weighted by Gasteiger charge is 2.40. The van der Waals surface area contributed by atoms with Gasteiger partial charge in [-0.05, 0) is 6.92 Å². The lowest BCUT2D eigenvalue weighted by Gasteiger charge is -2.15. The number of rotatable bonds is 6. The quantitative estimate of drug-likeness (QED) is 0.776. The highest BCUT2D eigenvalue weighted by atomic mass is 19.3. The Bertz CT molecular complexity index is 441. The molecule has 2 N–H and O–H groups in total. The average Bonchev–Trinajstić information content (AvgIpc) is 2.36. The van der Waals surface area contributed by atoms with Crippen LogP contribution in [0, 0.1) is 0 Å². The molecule has 0 aromatic carbocycles. The van der Waals surface area contributed by atoms with Crippen molar-refractivity contribution in [3.8, 4) is 0 Å². The van der Waals surface area contributed by atoms with E-state index in [1.54, 1.807) is 12.2 Å².